The fourth-order valence-corrected chi connectivity index (χ4v) is 2.30. The molecule has 1 saturated heterocycles. The van der Waals surface area contributed by atoms with Crippen LogP contribution in [0.2, 0.25) is 0 Å². The van der Waals surface area contributed by atoms with E-state index >= 15 is 0 Å². The molecule has 1 aromatic rings. The normalized spacial score (nSPS) is 19.1. The van der Waals surface area contributed by atoms with Crippen LogP contribution in [-0.2, 0) is 4.79 Å². The number of benzene rings is 1. The zero-order valence-corrected chi connectivity index (χ0v) is 10.5. The van der Waals surface area contributed by atoms with Crippen molar-refractivity contribution in [3.05, 3.63) is 24.0 Å². The van der Waals surface area contributed by atoms with E-state index in [4.69, 9.17) is 9.84 Å². The summed E-state index contributed by atoms with van der Waals surface area (Å²) in [6.45, 7) is 1.42. The van der Waals surface area contributed by atoms with E-state index in [9.17, 15) is 9.18 Å². The highest BCUT2D eigenvalue weighted by atomic mass is 19.1. The van der Waals surface area contributed by atoms with Gasteiger partial charge in [0.05, 0.1) is 12.5 Å². The molecule has 1 saturated carbocycles. The van der Waals surface area contributed by atoms with Gasteiger partial charge in [-0.25, -0.2) is 4.39 Å². The number of hydrogen-bond donors (Lipinski definition) is 1. The fraction of sp³-hybridized carbons (Fsp3) is 0.500. The molecule has 102 valence electrons. The van der Waals surface area contributed by atoms with Gasteiger partial charge in [0.25, 0.3) is 0 Å². The number of nitrogens with zero attached hydrogens (tertiary/aromatic N) is 1. The fourth-order valence-electron chi connectivity index (χ4n) is 2.30. The molecule has 1 N–H and O–H groups in total. The Morgan fingerprint density at radius 1 is 1.42 bits per heavy atom. The van der Waals surface area contributed by atoms with Crippen LogP contribution in [0.3, 0.4) is 0 Å². The highest BCUT2D eigenvalue weighted by Crippen LogP contribution is 2.33. The zero-order valence-electron chi connectivity index (χ0n) is 10.5. The average molecular weight is 265 g/mol. The molecule has 5 heteroatoms. The lowest BCUT2D eigenvalue weighted by molar-refractivity contribution is -0.138. The zero-order chi connectivity index (χ0) is 13.4. The van der Waals surface area contributed by atoms with E-state index in [0.29, 0.717) is 18.8 Å². The molecular formula is C14H16FNO3. The van der Waals surface area contributed by atoms with E-state index in [-0.39, 0.29) is 24.3 Å². The number of rotatable bonds is 5. The van der Waals surface area contributed by atoms with Crippen LogP contribution in [0.4, 0.5) is 10.1 Å². The lowest BCUT2D eigenvalue weighted by atomic mass is 9.95. The Morgan fingerprint density at radius 3 is 2.79 bits per heavy atom. The third-order valence-corrected chi connectivity index (χ3v) is 3.52. The predicted molar refractivity (Wildman–Crippen MR) is 68.0 cm³/mol. The molecular weight excluding hydrogens is 249 g/mol. The Hall–Kier alpha value is -1.78. The molecule has 0 unspecified atom stereocenters. The molecule has 0 spiro atoms. The number of hydrogen-bond acceptors (Lipinski definition) is 3. The van der Waals surface area contributed by atoms with Gasteiger partial charge in [-0.05, 0) is 25.0 Å². The molecule has 0 atom stereocenters. The number of ether oxygens (including phenoxy) is 1. The average Bonchev–Trinajstić information content (AvgIpc) is 3.10. The van der Waals surface area contributed by atoms with Crippen LogP contribution >= 0.6 is 0 Å². The van der Waals surface area contributed by atoms with Gasteiger partial charge in [0.2, 0.25) is 0 Å². The topological polar surface area (TPSA) is 49.8 Å². The number of aliphatic carboxylic acids is 1. The maximum atomic E-state index is 13.6. The molecule has 1 aromatic carbocycles. The summed E-state index contributed by atoms with van der Waals surface area (Å²) < 4.78 is 19.1. The minimum absolute atomic E-state index is 0.167. The molecule has 19 heavy (non-hydrogen) atoms. The molecule has 0 aromatic heterocycles. The van der Waals surface area contributed by atoms with Crippen LogP contribution in [0.25, 0.3) is 0 Å². The van der Waals surface area contributed by atoms with Crippen molar-refractivity contribution in [1.82, 2.24) is 0 Å². The van der Waals surface area contributed by atoms with E-state index < -0.39 is 5.97 Å². The summed E-state index contributed by atoms with van der Waals surface area (Å²) in [6.07, 6.45) is 2.35. The van der Waals surface area contributed by atoms with Crippen molar-refractivity contribution in [2.45, 2.75) is 25.4 Å². The van der Waals surface area contributed by atoms with Crippen molar-refractivity contribution < 1.29 is 19.0 Å². The number of anilines is 1. The van der Waals surface area contributed by atoms with E-state index in [0.717, 1.165) is 18.5 Å². The van der Waals surface area contributed by atoms with E-state index in [1.807, 2.05) is 4.90 Å². The van der Waals surface area contributed by atoms with Crippen LogP contribution in [0.5, 0.6) is 5.75 Å². The summed E-state index contributed by atoms with van der Waals surface area (Å²) in [7, 11) is 0. The molecule has 0 bridgehead atoms. The number of carbonyl (C=O) groups is 1. The van der Waals surface area contributed by atoms with Gasteiger partial charge >= 0.3 is 5.97 Å². The van der Waals surface area contributed by atoms with E-state index in [1.54, 1.807) is 12.1 Å². The molecule has 1 heterocycles. The van der Waals surface area contributed by atoms with Crippen molar-refractivity contribution in [2.24, 2.45) is 5.92 Å². The Bertz CT molecular complexity index is 495. The Labute approximate surface area is 110 Å². The third-order valence-electron chi connectivity index (χ3n) is 3.52. The summed E-state index contributed by atoms with van der Waals surface area (Å²) >= 11 is 0. The van der Waals surface area contributed by atoms with Crippen LogP contribution in [-0.4, -0.2) is 30.3 Å². The first-order chi connectivity index (χ1) is 9.11. The lowest BCUT2D eigenvalue weighted by Gasteiger charge is -2.40. The second kappa shape index (κ2) is 4.72. The summed E-state index contributed by atoms with van der Waals surface area (Å²) in [4.78, 5) is 12.6. The minimum Gasteiger partial charge on any atom is -0.487 e. The van der Waals surface area contributed by atoms with Crippen molar-refractivity contribution in [1.29, 1.82) is 0 Å². The summed E-state index contributed by atoms with van der Waals surface area (Å²) in [6, 6.07) is 4.84. The molecule has 2 fully saturated rings. The smallest absolute Gasteiger partial charge is 0.303 e. The van der Waals surface area contributed by atoms with Crippen molar-refractivity contribution in [3.63, 3.8) is 0 Å². The van der Waals surface area contributed by atoms with Gasteiger partial charge in [-0.15, -0.1) is 0 Å². The van der Waals surface area contributed by atoms with Crippen LogP contribution in [0, 0.1) is 11.7 Å². The van der Waals surface area contributed by atoms with Gasteiger partial charge in [-0.2, -0.15) is 0 Å². The third kappa shape index (κ3) is 2.80. The molecule has 3 rings (SSSR count). The summed E-state index contributed by atoms with van der Waals surface area (Å²) in [5, 5.41) is 8.70. The number of halogens is 1. The standard InChI is InChI=1S/C14H16FNO3/c15-12-4-1-10(6-13(12)19-11-2-3-11)16-7-9(8-16)5-14(17)18/h1,4,6,9,11H,2-3,5,7-8H2,(H,17,18). The predicted octanol–water partition coefficient (Wildman–Crippen LogP) is 2.28. The van der Waals surface area contributed by atoms with E-state index in [1.165, 1.54) is 6.07 Å². The maximum absolute atomic E-state index is 13.6. The molecule has 0 amide bonds. The number of carboxylic acid groups (broad SMARTS) is 1. The van der Waals surface area contributed by atoms with Crippen LogP contribution < -0.4 is 9.64 Å². The first-order valence-corrected chi connectivity index (χ1v) is 6.55. The highest BCUT2D eigenvalue weighted by molar-refractivity contribution is 5.68. The van der Waals surface area contributed by atoms with Crippen molar-refractivity contribution in [3.8, 4) is 5.75 Å². The largest absolute Gasteiger partial charge is 0.487 e. The molecule has 1 aliphatic heterocycles. The molecule has 1 aliphatic carbocycles. The number of carboxylic acids is 1. The van der Waals surface area contributed by atoms with Gasteiger partial charge in [-0.3, -0.25) is 4.79 Å². The SMILES string of the molecule is O=C(O)CC1CN(c2ccc(F)c(OC3CC3)c2)C1. The van der Waals surface area contributed by atoms with Gasteiger partial charge in [0.1, 0.15) is 0 Å². The molecule has 2 aliphatic rings. The monoisotopic (exact) mass is 265 g/mol. The van der Waals surface area contributed by atoms with Gasteiger partial charge in [0, 0.05) is 30.8 Å². The van der Waals surface area contributed by atoms with Crippen LogP contribution in [0.15, 0.2) is 18.2 Å². The van der Waals surface area contributed by atoms with Gasteiger partial charge in [-0.1, -0.05) is 0 Å². The van der Waals surface area contributed by atoms with Crippen molar-refractivity contribution >= 4 is 11.7 Å². The second-order valence-corrected chi connectivity index (χ2v) is 5.30. The minimum atomic E-state index is -0.762. The Kier molecular flexibility index (Phi) is 3.05. The lowest BCUT2D eigenvalue weighted by Crippen LogP contribution is -2.47. The van der Waals surface area contributed by atoms with Crippen LogP contribution in [0.1, 0.15) is 19.3 Å². The van der Waals surface area contributed by atoms with Gasteiger partial charge in [0.15, 0.2) is 11.6 Å². The van der Waals surface area contributed by atoms with Crippen molar-refractivity contribution in [2.75, 3.05) is 18.0 Å². The summed E-state index contributed by atoms with van der Waals surface area (Å²) in [5.41, 5.74) is 0.902. The first-order valence-electron chi connectivity index (χ1n) is 6.55. The molecule has 4 nitrogen and oxygen atoms in total. The maximum Gasteiger partial charge on any atom is 0.303 e. The Morgan fingerprint density at radius 2 is 2.16 bits per heavy atom. The van der Waals surface area contributed by atoms with Gasteiger partial charge < -0.3 is 14.7 Å². The summed E-state index contributed by atoms with van der Waals surface area (Å²) in [5.74, 6) is -0.600. The quantitative estimate of drug-likeness (QED) is 0.887. The van der Waals surface area contributed by atoms with E-state index in [2.05, 4.69) is 0 Å². The highest BCUT2D eigenvalue weighted by Gasteiger charge is 2.30. The second-order valence-electron chi connectivity index (χ2n) is 5.30. The Balaban J connectivity index is 1.63. The molecule has 0 radical (unpaired) electrons. The first kappa shape index (κ1) is 12.3.